The van der Waals surface area contributed by atoms with Crippen molar-refractivity contribution in [2.45, 2.75) is 59.0 Å². The van der Waals surface area contributed by atoms with Gasteiger partial charge in [-0.2, -0.15) is 0 Å². The Hall–Kier alpha value is -3.65. The topological polar surface area (TPSA) is 86.8 Å². The molecule has 0 unspecified atom stereocenters. The molecule has 7 nitrogen and oxygen atoms in total. The van der Waals surface area contributed by atoms with Crippen molar-refractivity contribution in [1.82, 2.24) is 10.2 Å². The monoisotopic (exact) mass is 549 g/mol. The number of rotatable bonds is 11. The van der Waals surface area contributed by atoms with Crippen LogP contribution >= 0.6 is 0 Å². The lowest BCUT2D eigenvalue weighted by molar-refractivity contribution is -0.139. The maximum absolute atomic E-state index is 14.0. The number of anilines is 1. The summed E-state index contributed by atoms with van der Waals surface area (Å²) in [5, 5.41) is 2.91. The van der Waals surface area contributed by atoms with Gasteiger partial charge < -0.3 is 10.2 Å². The molecule has 0 saturated carbocycles. The van der Waals surface area contributed by atoms with E-state index in [9.17, 15) is 18.0 Å². The van der Waals surface area contributed by atoms with E-state index in [-0.39, 0.29) is 23.3 Å². The van der Waals surface area contributed by atoms with Crippen molar-refractivity contribution < 1.29 is 18.0 Å². The lowest BCUT2D eigenvalue weighted by Crippen LogP contribution is -2.51. The van der Waals surface area contributed by atoms with E-state index in [0.29, 0.717) is 12.2 Å². The van der Waals surface area contributed by atoms with Gasteiger partial charge in [-0.05, 0) is 68.5 Å². The second-order valence-corrected chi connectivity index (χ2v) is 12.2. The van der Waals surface area contributed by atoms with E-state index in [1.54, 1.807) is 31.2 Å². The zero-order chi connectivity index (χ0) is 28.7. The minimum absolute atomic E-state index is 0.0888. The van der Waals surface area contributed by atoms with Gasteiger partial charge in [-0.15, -0.1) is 0 Å². The molecule has 0 bridgehead atoms. The molecule has 0 aromatic heterocycles. The van der Waals surface area contributed by atoms with Crippen molar-refractivity contribution in [3.63, 3.8) is 0 Å². The fraction of sp³-hybridized carbons (Fsp3) is 0.355. The molecule has 0 spiro atoms. The van der Waals surface area contributed by atoms with Gasteiger partial charge in [0, 0.05) is 13.1 Å². The van der Waals surface area contributed by atoms with Crippen LogP contribution in [0.3, 0.4) is 0 Å². The minimum atomic E-state index is -4.08. The Bertz CT molecular complexity index is 1400. The summed E-state index contributed by atoms with van der Waals surface area (Å²) >= 11 is 0. The average Bonchev–Trinajstić information content (AvgIpc) is 2.90. The van der Waals surface area contributed by atoms with Crippen LogP contribution in [-0.2, 0) is 26.2 Å². The number of hydrogen-bond acceptors (Lipinski definition) is 4. The molecule has 1 N–H and O–H groups in total. The highest BCUT2D eigenvalue weighted by molar-refractivity contribution is 7.92. The summed E-state index contributed by atoms with van der Waals surface area (Å²) in [5.41, 5.74) is 4.00. The lowest BCUT2D eigenvalue weighted by Gasteiger charge is -2.33. The van der Waals surface area contributed by atoms with E-state index in [1.165, 1.54) is 17.0 Å². The highest BCUT2D eigenvalue weighted by atomic mass is 32.2. The number of benzene rings is 3. The summed E-state index contributed by atoms with van der Waals surface area (Å²) < 4.78 is 29.0. The Balaban J connectivity index is 2.04. The highest BCUT2D eigenvalue weighted by Crippen LogP contribution is 2.28. The number of nitrogens with one attached hydrogen (secondary N) is 1. The van der Waals surface area contributed by atoms with Crippen molar-refractivity contribution >= 4 is 27.5 Å². The van der Waals surface area contributed by atoms with E-state index >= 15 is 0 Å². The van der Waals surface area contributed by atoms with Crippen LogP contribution in [-0.4, -0.2) is 44.3 Å². The van der Waals surface area contributed by atoms with Gasteiger partial charge in [0.25, 0.3) is 10.0 Å². The maximum atomic E-state index is 14.0. The second-order valence-electron chi connectivity index (χ2n) is 10.4. The Morgan fingerprint density at radius 1 is 0.846 bits per heavy atom. The first-order valence-electron chi connectivity index (χ1n) is 13.2. The van der Waals surface area contributed by atoms with Crippen molar-refractivity contribution in [3.8, 4) is 0 Å². The van der Waals surface area contributed by atoms with Crippen LogP contribution in [0.4, 0.5) is 5.69 Å². The second kappa shape index (κ2) is 12.9. The highest BCUT2D eigenvalue weighted by Gasteiger charge is 2.33. The van der Waals surface area contributed by atoms with E-state index in [0.717, 1.165) is 26.6 Å². The molecule has 0 aliphatic carbocycles. The van der Waals surface area contributed by atoms with Crippen LogP contribution < -0.4 is 9.62 Å². The molecule has 3 rings (SSSR count). The largest absolute Gasteiger partial charge is 0.354 e. The molecule has 1 atom stereocenters. The molecule has 0 saturated heterocycles. The van der Waals surface area contributed by atoms with Gasteiger partial charge in [0.2, 0.25) is 11.8 Å². The van der Waals surface area contributed by atoms with Gasteiger partial charge in [-0.25, -0.2) is 8.42 Å². The van der Waals surface area contributed by atoms with Crippen LogP contribution in [0.25, 0.3) is 0 Å². The van der Waals surface area contributed by atoms with Crippen LogP contribution in [0.5, 0.6) is 0 Å². The molecular formula is C31H39N3O4S. The Morgan fingerprint density at radius 3 is 2.10 bits per heavy atom. The molecule has 0 heterocycles. The first-order valence-corrected chi connectivity index (χ1v) is 14.6. The van der Waals surface area contributed by atoms with E-state index in [4.69, 9.17) is 0 Å². The number of amides is 2. The van der Waals surface area contributed by atoms with Gasteiger partial charge in [-0.1, -0.05) is 74.0 Å². The zero-order valence-corrected chi connectivity index (χ0v) is 24.5. The van der Waals surface area contributed by atoms with Crippen molar-refractivity contribution in [1.29, 1.82) is 0 Å². The average molecular weight is 550 g/mol. The van der Waals surface area contributed by atoms with Gasteiger partial charge >= 0.3 is 0 Å². The summed E-state index contributed by atoms with van der Waals surface area (Å²) in [7, 11) is -4.08. The minimum Gasteiger partial charge on any atom is -0.354 e. The quantitative estimate of drug-likeness (QED) is 0.365. The fourth-order valence-electron chi connectivity index (χ4n) is 4.32. The molecule has 3 aromatic rings. The number of nitrogens with zero attached hydrogens (tertiary/aromatic N) is 2. The van der Waals surface area contributed by atoms with Gasteiger partial charge in [0.15, 0.2) is 0 Å². The van der Waals surface area contributed by atoms with Gasteiger partial charge in [0.1, 0.15) is 12.6 Å². The Labute approximate surface area is 232 Å². The summed E-state index contributed by atoms with van der Waals surface area (Å²) in [6.07, 6.45) is 0. The Kier molecular flexibility index (Phi) is 9.92. The van der Waals surface area contributed by atoms with Crippen molar-refractivity contribution in [2.24, 2.45) is 5.92 Å². The number of hydrogen-bond donors (Lipinski definition) is 1. The standard InChI is InChI=1S/C31H39N3O4S/c1-22(2)19-32-31(36)26(6)33(20-27-13-11-10-12-24(27)4)30(35)21-34(29-17-16-23(3)18-25(29)5)39(37,38)28-14-8-7-9-15-28/h7-18,22,26H,19-21H2,1-6H3,(H,32,36)/t26-/m0/s1. The van der Waals surface area contributed by atoms with Crippen LogP contribution in [0, 0.1) is 26.7 Å². The Morgan fingerprint density at radius 2 is 1.49 bits per heavy atom. The van der Waals surface area contributed by atoms with Crippen molar-refractivity contribution in [2.75, 3.05) is 17.4 Å². The van der Waals surface area contributed by atoms with Crippen LogP contribution in [0.1, 0.15) is 43.0 Å². The molecule has 0 fully saturated rings. The molecule has 39 heavy (non-hydrogen) atoms. The number of aryl methyl sites for hydroxylation is 3. The SMILES string of the molecule is Cc1ccc(N(CC(=O)N(Cc2ccccc2C)[C@@H](C)C(=O)NCC(C)C)S(=O)(=O)c2ccccc2)c(C)c1. The molecule has 8 heteroatoms. The van der Waals surface area contributed by atoms with Gasteiger partial charge in [0.05, 0.1) is 10.6 Å². The summed E-state index contributed by atoms with van der Waals surface area (Å²) in [6.45, 7) is 11.6. The normalized spacial score (nSPS) is 12.2. The zero-order valence-electron chi connectivity index (χ0n) is 23.6. The predicted octanol–water partition coefficient (Wildman–Crippen LogP) is 5.00. The molecule has 0 aliphatic heterocycles. The number of sulfonamides is 1. The summed E-state index contributed by atoms with van der Waals surface area (Å²) in [6, 6.07) is 20.4. The molecule has 0 radical (unpaired) electrons. The van der Waals surface area contributed by atoms with Crippen LogP contribution in [0.2, 0.25) is 0 Å². The third-order valence-corrected chi connectivity index (χ3v) is 8.46. The summed E-state index contributed by atoms with van der Waals surface area (Å²) in [4.78, 5) is 28.7. The third kappa shape index (κ3) is 7.47. The molecular weight excluding hydrogens is 510 g/mol. The van der Waals surface area contributed by atoms with Crippen molar-refractivity contribution in [3.05, 3.63) is 95.1 Å². The molecule has 0 aliphatic rings. The first kappa shape index (κ1) is 29.9. The van der Waals surface area contributed by atoms with E-state index in [1.807, 2.05) is 71.0 Å². The molecule has 3 aromatic carbocycles. The van der Waals surface area contributed by atoms with E-state index in [2.05, 4.69) is 5.32 Å². The lowest BCUT2D eigenvalue weighted by atomic mass is 10.1. The van der Waals surface area contributed by atoms with Gasteiger partial charge in [-0.3, -0.25) is 13.9 Å². The third-order valence-electron chi connectivity index (χ3n) is 6.68. The molecule has 2 amide bonds. The van der Waals surface area contributed by atoms with E-state index < -0.39 is 28.5 Å². The smallest absolute Gasteiger partial charge is 0.264 e. The summed E-state index contributed by atoms with van der Waals surface area (Å²) in [5.74, 6) is -0.503. The fourth-order valence-corrected chi connectivity index (χ4v) is 5.82. The number of carbonyl (C=O) groups is 2. The first-order chi connectivity index (χ1) is 18.4. The number of carbonyl (C=O) groups excluding carboxylic acids is 2. The maximum Gasteiger partial charge on any atom is 0.264 e. The van der Waals surface area contributed by atoms with Crippen LogP contribution in [0.15, 0.2) is 77.7 Å². The molecule has 208 valence electrons. The predicted molar refractivity (Wildman–Crippen MR) is 156 cm³/mol.